The van der Waals surface area contributed by atoms with E-state index in [1.54, 1.807) is 7.11 Å². The largest absolute Gasteiger partial charge is 0.493 e. The maximum Gasteiger partial charge on any atom is 0.191 e. The molecular weight excluding hydrogens is 491 g/mol. The van der Waals surface area contributed by atoms with Gasteiger partial charge in [-0.15, -0.1) is 24.0 Å². The van der Waals surface area contributed by atoms with Gasteiger partial charge >= 0.3 is 0 Å². The van der Waals surface area contributed by atoms with E-state index in [9.17, 15) is 0 Å². The minimum absolute atomic E-state index is 0. The Bertz CT molecular complexity index is 644. The van der Waals surface area contributed by atoms with Crippen molar-refractivity contribution in [3.05, 3.63) is 24.3 Å². The predicted octanol–water partition coefficient (Wildman–Crippen LogP) is 4.04. The van der Waals surface area contributed by atoms with E-state index in [-0.39, 0.29) is 30.1 Å². The monoisotopic (exact) mass is 530 g/mol. The summed E-state index contributed by atoms with van der Waals surface area (Å²) < 4.78 is 11.4. The molecule has 1 saturated carbocycles. The summed E-state index contributed by atoms with van der Waals surface area (Å²) in [5.41, 5.74) is 0. The molecule has 30 heavy (non-hydrogen) atoms. The van der Waals surface area contributed by atoms with Gasteiger partial charge < -0.3 is 25.0 Å². The second-order valence-corrected chi connectivity index (χ2v) is 8.19. The maximum atomic E-state index is 6.03. The summed E-state index contributed by atoms with van der Waals surface area (Å²) in [6.45, 7) is 8.00. The van der Waals surface area contributed by atoms with E-state index in [0.717, 1.165) is 30.0 Å². The van der Waals surface area contributed by atoms with Crippen LogP contribution in [0.1, 0.15) is 52.4 Å². The Morgan fingerprint density at radius 3 is 2.43 bits per heavy atom. The van der Waals surface area contributed by atoms with Crippen LogP contribution in [-0.4, -0.2) is 62.3 Å². The number of halogens is 1. The molecule has 1 aliphatic heterocycles. The standard InChI is InChI=1S/C23H38N4O2.HI/c1-4-24-23(25-17-18(2)29-22-12-8-7-11-21(22)28-3)26-19-13-15-27(16-14-19)20-9-5-6-10-20;/h7-8,11-12,18-20H,4-6,9-10,13-17H2,1-3H3,(H2,24,25,26);1H. The number of ether oxygens (including phenoxy) is 2. The first-order chi connectivity index (χ1) is 14.2. The van der Waals surface area contributed by atoms with Crippen LogP contribution >= 0.6 is 24.0 Å². The van der Waals surface area contributed by atoms with Gasteiger partial charge in [0.1, 0.15) is 6.10 Å². The molecule has 0 amide bonds. The van der Waals surface area contributed by atoms with Crippen molar-refractivity contribution in [3.8, 4) is 11.5 Å². The summed E-state index contributed by atoms with van der Waals surface area (Å²) >= 11 is 0. The summed E-state index contributed by atoms with van der Waals surface area (Å²) in [6.07, 6.45) is 7.96. The SMILES string of the molecule is CCNC(=NCC(C)Oc1ccccc1OC)NC1CCN(C2CCCC2)CC1.I. The molecule has 1 aromatic rings. The number of rotatable bonds is 8. The van der Waals surface area contributed by atoms with Crippen LogP contribution in [0.3, 0.4) is 0 Å². The van der Waals surface area contributed by atoms with Gasteiger partial charge in [-0.3, -0.25) is 0 Å². The van der Waals surface area contributed by atoms with Crippen LogP contribution in [-0.2, 0) is 0 Å². The van der Waals surface area contributed by atoms with Gasteiger partial charge in [0.25, 0.3) is 0 Å². The van der Waals surface area contributed by atoms with Gasteiger partial charge in [0, 0.05) is 31.7 Å². The third kappa shape index (κ3) is 7.48. The second-order valence-electron chi connectivity index (χ2n) is 8.19. The first-order valence-electron chi connectivity index (χ1n) is 11.3. The predicted molar refractivity (Wildman–Crippen MR) is 134 cm³/mol. The number of nitrogens with one attached hydrogen (secondary N) is 2. The normalized spacial score (nSPS) is 19.8. The highest BCUT2D eigenvalue weighted by Crippen LogP contribution is 2.27. The molecule has 0 aromatic heterocycles. The number of nitrogens with zero attached hydrogens (tertiary/aromatic N) is 2. The summed E-state index contributed by atoms with van der Waals surface area (Å²) in [4.78, 5) is 7.48. The highest BCUT2D eigenvalue weighted by atomic mass is 127. The lowest BCUT2D eigenvalue weighted by Gasteiger charge is -2.36. The van der Waals surface area contributed by atoms with Gasteiger partial charge in [0.2, 0.25) is 0 Å². The molecule has 0 radical (unpaired) electrons. The number of methoxy groups -OCH3 is 1. The van der Waals surface area contributed by atoms with Crippen molar-refractivity contribution in [3.63, 3.8) is 0 Å². The van der Waals surface area contributed by atoms with Crippen LogP contribution in [0.4, 0.5) is 0 Å². The zero-order valence-electron chi connectivity index (χ0n) is 18.7. The average Bonchev–Trinajstić information content (AvgIpc) is 3.28. The quantitative estimate of drug-likeness (QED) is 0.302. The van der Waals surface area contributed by atoms with Crippen molar-refractivity contribution in [2.45, 2.75) is 70.6 Å². The van der Waals surface area contributed by atoms with Crippen LogP contribution in [0, 0.1) is 0 Å². The molecule has 1 atom stereocenters. The van der Waals surface area contributed by atoms with Crippen LogP contribution < -0.4 is 20.1 Å². The second kappa shape index (κ2) is 13.2. The van der Waals surface area contributed by atoms with E-state index < -0.39 is 0 Å². The van der Waals surface area contributed by atoms with Gasteiger partial charge in [0.15, 0.2) is 17.5 Å². The zero-order valence-corrected chi connectivity index (χ0v) is 21.1. The van der Waals surface area contributed by atoms with E-state index in [2.05, 4.69) is 22.5 Å². The number of piperidine rings is 1. The van der Waals surface area contributed by atoms with Crippen molar-refractivity contribution < 1.29 is 9.47 Å². The fourth-order valence-electron chi connectivity index (χ4n) is 4.38. The number of hydrogen-bond donors (Lipinski definition) is 2. The molecule has 170 valence electrons. The first kappa shape index (κ1) is 25.0. The molecule has 1 aliphatic carbocycles. The third-order valence-electron chi connectivity index (χ3n) is 5.96. The van der Waals surface area contributed by atoms with E-state index in [0.29, 0.717) is 12.6 Å². The van der Waals surface area contributed by atoms with E-state index in [4.69, 9.17) is 14.5 Å². The molecule has 1 heterocycles. The van der Waals surface area contributed by atoms with Crippen LogP contribution in [0.25, 0.3) is 0 Å². The number of benzene rings is 1. The van der Waals surface area contributed by atoms with Crippen molar-refractivity contribution in [2.75, 3.05) is 33.3 Å². The third-order valence-corrected chi connectivity index (χ3v) is 5.96. The summed E-state index contributed by atoms with van der Waals surface area (Å²) in [6, 6.07) is 9.08. The van der Waals surface area contributed by atoms with Crippen molar-refractivity contribution in [1.29, 1.82) is 0 Å². The van der Waals surface area contributed by atoms with Crippen molar-refractivity contribution >= 4 is 29.9 Å². The minimum atomic E-state index is -0.0361. The van der Waals surface area contributed by atoms with Crippen molar-refractivity contribution in [1.82, 2.24) is 15.5 Å². The molecular formula is C23H39IN4O2. The molecule has 3 rings (SSSR count). The fraction of sp³-hybridized carbons (Fsp3) is 0.696. The Kier molecular flexibility index (Phi) is 11.1. The molecule has 0 bridgehead atoms. The highest BCUT2D eigenvalue weighted by Gasteiger charge is 2.27. The lowest BCUT2D eigenvalue weighted by atomic mass is 10.0. The number of para-hydroxylation sites is 2. The lowest BCUT2D eigenvalue weighted by Crippen LogP contribution is -2.50. The molecule has 1 unspecified atom stereocenters. The average molecular weight is 530 g/mol. The molecule has 2 N–H and O–H groups in total. The van der Waals surface area contributed by atoms with Gasteiger partial charge in [-0.05, 0) is 51.7 Å². The van der Waals surface area contributed by atoms with Gasteiger partial charge in [-0.2, -0.15) is 0 Å². The number of hydrogen-bond acceptors (Lipinski definition) is 4. The Hall–Kier alpha value is -1.22. The molecule has 7 heteroatoms. The topological polar surface area (TPSA) is 58.1 Å². The van der Waals surface area contributed by atoms with Crippen LogP contribution in [0.5, 0.6) is 11.5 Å². The van der Waals surface area contributed by atoms with E-state index >= 15 is 0 Å². The first-order valence-corrected chi connectivity index (χ1v) is 11.3. The summed E-state index contributed by atoms with van der Waals surface area (Å²) in [5.74, 6) is 2.40. The lowest BCUT2D eigenvalue weighted by molar-refractivity contribution is 0.150. The van der Waals surface area contributed by atoms with Crippen molar-refractivity contribution in [2.24, 2.45) is 4.99 Å². The maximum absolute atomic E-state index is 6.03. The number of likely N-dealkylation sites (tertiary alicyclic amines) is 1. The molecule has 1 saturated heterocycles. The van der Waals surface area contributed by atoms with Gasteiger partial charge in [-0.1, -0.05) is 25.0 Å². The Morgan fingerprint density at radius 2 is 1.80 bits per heavy atom. The van der Waals surface area contributed by atoms with Gasteiger partial charge in [0.05, 0.1) is 13.7 Å². The fourth-order valence-corrected chi connectivity index (χ4v) is 4.38. The molecule has 2 fully saturated rings. The van der Waals surface area contributed by atoms with Crippen LogP contribution in [0.2, 0.25) is 0 Å². The number of guanidine groups is 1. The zero-order chi connectivity index (χ0) is 20.5. The molecule has 0 spiro atoms. The Morgan fingerprint density at radius 1 is 1.13 bits per heavy atom. The van der Waals surface area contributed by atoms with E-state index in [1.165, 1.54) is 51.6 Å². The molecule has 1 aromatic carbocycles. The van der Waals surface area contributed by atoms with E-state index in [1.807, 2.05) is 31.2 Å². The van der Waals surface area contributed by atoms with Crippen LogP contribution in [0.15, 0.2) is 29.3 Å². The van der Waals surface area contributed by atoms with Gasteiger partial charge in [-0.25, -0.2) is 4.99 Å². The summed E-state index contributed by atoms with van der Waals surface area (Å²) in [7, 11) is 1.66. The molecule has 6 nitrogen and oxygen atoms in total. The Balaban J connectivity index is 0.00000320. The highest BCUT2D eigenvalue weighted by molar-refractivity contribution is 14.0. The Labute approximate surface area is 199 Å². The minimum Gasteiger partial charge on any atom is -0.493 e. The molecule has 2 aliphatic rings. The number of aliphatic imine (C=N–C) groups is 1. The smallest absolute Gasteiger partial charge is 0.191 e. The summed E-state index contributed by atoms with van der Waals surface area (Å²) in [5, 5.41) is 7.02.